The van der Waals surface area contributed by atoms with E-state index >= 15 is 0 Å². The zero-order valence-electron chi connectivity index (χ0n) is 5.92. The van der Waals surface area contributed by atoms with Crippen LogP contribution in [0.15, 0.2) is 0 Å². The van der Waals surface area contributed by atoms with Crippen molar-refractivity contribution in [1.29, 1.82) is 0 Å². The first-order valence-electron chi connectivity index (χ1n) is 3.10. The molecule has 58 valence electrons. The van der Waals surface area contributed by atoms with E-state index in [-0.39, 0.29) is 0 Å². The molecule has 0 aromatic rings. The Kier molecular flexibility index (Phi) is 7.08. The summed E-state index contributed by atoms with van der Waals surface area (Å²) in [5.41, 5.74) is 5.41. The molecule has 0 spiro atoms. The van der Waals surface area contributed by atoms with Gasteiger partial charge >= 0.3 is 0 Å². The summed E-state index contributed by atoms with van der Waals surface area (Å²) < 4.78 is 0.600. The molecule has 0 heterocycles. The van der Waals surface area contributed by atoms with Crippen molar-refractivity contribution in [3.63, 3.8) is 0 Å². The predicted molar refractivity (Wildman–Crippen MR) is 49.8 cm³/mol. The van der Waals surface area contributed by atoms with Gasteiger partial charge in [-0.3, -0.25) is 5.73 Å². The third kappa shape index (κ3) is 6.11. The minimum absolute atomic E-state index is 0.600. The molecule has 0 aromatic heterocycles. The van der Waals surface area contributed by atoms with Crippen molar-refractivity contribution in [2.24, 2.45) is 5.73 Å². The second-order valence-corrected chi connectivity index (χ2v) is 3.91. The zero-order valence-corrected chi connectivity index (χ0v) is 7.56. The van der Waals surface area contributed by atoms with Gasteiger partial charge in [0.1, 0.15) is 4.32 Å². The Morgan fingerprint density at radius 3 is 2.90 bits per heavy atom. The van der Waals surface area contributed by atoms with Crippen molar-refractivity contribution in [3.8, 4) is 0 Å². The van der Waals surface area contributed by atoms with Crippen molar-refractivity contribution < 1.29 is 4.79 Å². The lowest BCUT2D eigenvalue weighted by molar-refractivity contribution is 0.572. The summed E-state index contributed by atoms with van der Waals surface area (Å²) in [7, 11) is 0.934. The number of rotatable bonds is 3. The SMILES string of the molecule is CCCCSC(N)=S=C=O. The van der Waals surface area contributed by atoms with Gasteiger partial charge in [-0.15, -0.1) is 11.8 Å². The summed E-state index contributed by atoms with van der Waals surface area (Å²) in [5.74, 6) is 0.997. The minimum atomic E-state index is 0.600. The molecule has 0 fully saturated rings. The van der Waals surface area contributed by atoms with Crippen LogP contribution in [0.25, 0.3) is 0 Å². The lowest BCUT2D eigenvalue weighted by Crippen LogP contribution is -2.03. The highest BCUT2D eigenvalue weighted by Crippen LogP contribution is 2.03. The van der Waals surface area contributed by atoms with Gasteiger partial charge in [-0.05, 0) is 23.1 Å². The smallest absolute Gasteiger partial charge is 0.193 e. The third-order valence-electron chi connectivity index (χ3n) is 0.884. The molecule has 0 saturated carbocycles. The summed E-state index contributed by atoms with van der Waals surface area (Å²) in [5, 5.41) is 1.68. The normalized spacial score (nSPS) is 8.60. The van der Waals surface area contributed by atoms with Crippen LogP contribution in [0.5, 0.6) is 0 Å². The summed E-state index contributed by atoms with van der Waals surface area (Å²) in [6.07, 6.45) is 2.31. The molecule has 4 heteroatoms. The van der Waals surface area contributed by atoms with Gasteiger partial charge in [0.25, 0.3) is 0 Å². The Morgan fingerprint density at radius 1 is 1.70 bits per heavy atom. The molecular formula is C6H11NOS2. The van der Waals surface area contributed by atoms with Crippen LogP contribution in [0.1, 0.15) is 19.8 Å². The number of nitrogens with two attached hydrogens (primary N) is 1. The van der Waals surface area contributed by atoms with Crippen molar-refractivity contribution in [1.82, 2.24) is 0 Å². The highest BCUT2D eigenvalue weighted by Gasteiger charge is 1.88. The van der Waals surface area contributed by atoms with Crippen LogP contribution in [0.4, 0.5) is 0 Å². The van der Waals surface area contributed by atoms with E-state index in [0.717, 1.165) is 29.5 Å². The maximum Gasteiger partial charge on any atom is 0.193 e. The van der Waals surface area contributed by atoms with Crippen LogP contribution in [-0.2, 0) is 4.79 Å². The van der Waals surface area contributed by atoms with Crippen LogP contribution in [0.2, 0.25) is 0 Å². The molecule has 0 aliphatic rings. The third-order valence-corrected chi connectivity index (χ3v) is 2.55. The summed E-state index contributed by atoms with van der Waals surface area (Å²) in [6, 6.07) is 0. The van der Waals surface area contributed by atoms with E-state index in [0.29, 0.717) is 4.32 Å². The highest BCUT2D eigenvalue weighted by molar-refractivity contribution is 8.26. The predicted octanol–water partition coefficient (Wildman–Crippen LogP) is 1.37. The van der Waals surface area contributed by atoms with E-state index < -0.39 is 0 Å². The van der Waals surface area contributed by atoms with E-state index in [1.165, 1.54) is 11.8 Å². The summed E-state index contributed by atoms with van der Waals surface area (Å²) in [6.45, 7) is 2.12. The molecule has 2 N–H and O–H groups in total. The Bertz CT molecular complexity index is 169. The van der Waals surface area contributed by atoms with E-state index in [1.54, 1.807) is 5.23 Å². The molecule has 0 unspecified atom stereocenters. The number of carbonyl (C=O) groups excluding carboxylic acids is 1. The fourth-order valence-electron chi connectivity index (χ4n) is 0.388. The van der Waals surface area contributed by atoms with Crippen molar-refractivity contribution in [3.05, 3.63) is 0 Å². The Balaban J connectivity index is 3.50. The van der Waals surface area contributed by atoms with Gasteiger partial charge in [0.15, 0.2) is 5.23 Å². The fourth-order valence-corrected chi connectivity index (χ4v) is 1.69. The topological polar surface area (TPSA) is 43.1 Å². The van der Waals surface area contributed by atoms with Gasteiger partial charge in [0.05, 0.1) is 0 Å². The average molecular weight is 177 g/mol. The van der Waals surface area contributed by atoms with Crippen molar-refractivity contribution >= 4 is 32.3 Å². The number of thioether (sulfide) groups is 1. The van der Waals surface area contributed by atoms with Crippen LogP contribution < -0.4 is 5.73 Å². The van der Waals surface area contributed by atoms with E-state index in [1.807, 2.05) is 0 Å². The lowest BCUT2D eigenvalue weighted by Gasteiger charge is -1.93. The number of hydrogen-bond acceptors (Lipinski definition) is 2. The number of unbranched alkanes of at least 4 members (excludes halogenated alkanes) is 1. The molecule has 0 aromatic carbocycles. The highest BCUT2D eigenvalue weighted by atomic mass is 32.2. The van der Waals surface area contributed by atoms with E-state index in [9.17, 15) is 4.79 Å². The van der Waals surface area contributed by atoms with Crippen LogP contribution in [0, 0.1) is 0 Å². The van der Waals surface area contributed by atoms with Gasteiger partial charge in [0.2, 0.25) is 0 Å². The number of hydrogen-bond donors (Lipinski definition) is 1. The van der Waals surface area contributed by atoms with Gasteiger partial charge in [-0.1, -0.05) is 13.3 Å². The van der Waals surface area contributed by atoms with Crippen molar-refractivity contribution in [2.75, 3.05) is 5.75 Å². The first-order chi connectivity index (χ1) is 4.81. The zero-order chi connectivity index (χ0) is 7.82. The molecular weight excluding hydrogens is 166 g/mol. The summed E-state index contributed by atoms with van der Waals surface area (Å²) >= 11 is 1.52. The van der Waals surface area contributed by atoms with Gasteiger partial charge in [0, 0.05) is 0 Å². The maximum absolute atomic E-state index is 9.77. The molecule has 0 saturated heterocycles. The van der Waals surface area contributed by atoms with Gasteiger partial charge < -0.3 is 0 Å². The molecule has 0 aliphatic heterocycles. The van der Waals surface area contributed by atoms with Crippen LogP contribution in [0.3, 0.4) is 0 Å². The Labute approximate surface area is 68.7 Å². The van der Waals surface area contributed by atoms with Gasteiger partial charge in [-0.25, -0.2) is 4.79 Å². The standard InChI is InChI=1S/C6H11NOS2/c1-2-3-4-9-6(7)10-5-8/h2-4,7H2,1H3. The van der Waals surface area contributed by atoms with Crippen LogP contribution >= 0.6 is 22.7 Å². The molecule has 0 bridgehead atoms. The maximum atomic E-state index is 9.77. The van der Waals surface area contributed by atoms with Crippen LogP contribution in [-0.4, -0.2) is 15.3 Å². The Hall–Kier alpha value is -0.0200. The monoisotopic (exact) mass is 177 g/mol. The van der Waals surface area contributed by atoms with E-state index in [2.05, 4.69) is 6.92 Å². The molecule has 2 nitrogen and oxygen atoms in total. The average Bonchev–Trinajstić information content (AvgIpc) is 1.89. The first-order valence-corrected chi connectivity index (χ1v) is 4.90. The largest absolute Gasteiger partial charge is 0.288 e. The summed E-state index contributed by atoms with van der Waals surface area (Å²) in [4.78, 5) is 9.77. The quantitative estimate of drug-likeness (QED) is 0.523. The fraction of sp³-hybridized carbons (Fsp3) is 0.667. The molecule has 10 heavy (non-hydrogen) atoms. The van der Waals surface area contributed by atoms with Crippen molar-refractivity contribution in [2.45, 2.75) is 19.8 Å². The molecule has 0 rings (SSSR count). The molecule has 0 aliphatic carbocycles. The second-order valence-electron chi connectivity index (χ2n) is 1.71. The first kappa shape index (κ1) is 9.98. The lowest BCUT2D eigenvalue weighted by atomic mass is 10.4. The Morgan fingerprint density at radius 2 is 2.40 bits per heavy atom. The van der Waals surface area contributed by atoms with E-state index in [4.69, 9.17) is 5.73 Å². The molecule has 0 atom stereocenters. The minimum Gasteiger partial charge on any atom is -0.288 e. The molecule has 0 amide bonds. The molecule has 0 radical (unpaired) electrons. The van der Waals surface area contributed by atoms with Gasteiger partial charge in [-0.2, -0.15) is 0 Å². The second kappa shape index (κ2) is 7.09.